The lowest BCUT2D eigenvalue weighted by Crippen LogP contribution is -2.42. The van der Waals surface area contributed by atoms with Gasteiger partial charge in [-0.1, -0.05) is 27.2 Å². The molecule has 18 heavy (non-hydrogen) atoms. The highest BCUT2D eigenvalue weighted by atomic mass is 32.2. The Bertz CT molecular complexity index is 260. The molecule has 0 spiro atoms. The van der Waals surface area contributed by atoms with Crippen molar-refractivity contribution in [1.82, 2.24) is 4.90 Å². The minimum absolute atomic E-state index is 0.132. The number of likely N-dealkylation sites (tertiary alicyclic amines) is 1. The quantitative estimate of drug-likeness (QED) is 0.837. The molecule has 3 atom stereocenters. The van der Waals surface area contributed by atoms with Gasteiger partial charge >= 0.3 is 0 Å². The van der Waals surface area contributed by atoms with E-state index in [9.17, 15) is 9.90 Å². The fourth-order valence-corrected chi connectivity index (χ4v) is 3.57. The molecule has 1 rings (SSSR count). The van der Waals surface area contributed by atoms with Crippen molar-refractivity contribution in [2.24, 2.45) is 5.92 Å². The number of hydrogen-bond donors (Lipinski definition) is 1. The third kappa shape index (κ3) is 4.47. The highest BCUT2D eigenvalue weighted by Gasteiger charge is 2.28. The summed E-state index contributed by atoms with van der Waals surface area (Å²) in [6, 6.07) is 0. The van der Waals surface area contributed by atoms with Gasteiger partial charge in [-0.25, -0.2) is 0 Å². The highest BCUT2D eigenvalue weighted by molar-refractivity contribution is 7.99. The molecule has 4 heteroatoms. The molecule has 0 radical (unpaired) electrons. The SMILES string of the molecule is CCSC1CCCCN(C(=O)C(C)C(O)CC)C1. The monoisotopic (exact) mass is 273 g/mol. The third-order valence-electron chi connectivity index (χ3n) is 3.73. The first-order chi connectivity index (χ1) is 8.60. The van der Waals surface area contributed by atoms with Gasteiger partial charge in [0.25, 0.3) is 0 Å². The van der Waals surface area contributed by atoms with E-state index in [0.717, 1.165) is 25.3 Å². The Morgan fingerprint density at radius 3 is 2.78 bits per heavy atom. The molecule has 0 aromatic rings. The van der Waals surface area contributed by atoms with Crippen LogP contribution in [0.25, 0.3) is 0 Å². The Labute approximate surface area is 115 Å². The molecule has 0 aromatic carbocycles. The van der Waals surface area contributed by atoms with Crippen molar-refractivity contribution in [3.63, 3.8) is 0 Å². The van der Waals surface area contributed by atoms with Crippen molar-refractivity contribution < 1.29 is 9.90 Å². The molecule has 1 heterocycles. The lowest BCUT2D eigenvalue weighted by Gasteiger charge is -2.28. The largest absolute Gasteiger partial charge is 0.392 e. The number of nitrogens with zero attached hydrogens (tertiary/aromatic N) is 1. The number of rotatable bonds is 5. The van der Waals surface area contributed by atoms with Crippen LogP contribution in [0.3, 0.4) is 0 Å². The standard InChI is InChI=1S/C14H27NO2S/c1-4-13(16)11(3)14(17)15-9-7-6-8-12(10-15)18-5-2/h11-13,16H,4-10H2,1-3H3. The van der Waals surface area contributed by atoms with Crippen LogP contribution in [-0.2, 0) is 4.79 Å². The van der Waals surface area contributed by atoms with Crippen LogP contribution in [0.4, 0.5) is 0 Å². The molecule has 0 saturated carbocycles. The fourth-order valence-electron chi connectivity index (χ4n) is 2.48. The molecule has 0 aromatic heterocycles. The van der Waals surface area contributed by atoms with Crippen LogP contribution >= 0.6 is 11.8 Å². The van der Waals surface area contributed by atoms with E-state index in [2.05, 4.69) is 6.92 Å². The molecule has 0 aliphatic carbocycles. The zero-order valence-electron chi connectivity index (χ0n) is 11.9. The maximum absolute atomic E-state index is 12.4. The van der Waals surface area contributed by atoms with Gasteiger partial charge in [0.15, 0.2) is 0 Å². The van der Waals surface area contributed by atoms with Crippen molar-refractivity contribution >= 4 is 17.7 Å². The number of aliphatic hydroxyl groups is 1. The van der Waals surface area contributed by atoms with E-state index in [0.29, 0.717) is 11.7 Å². The van der Waals surface area contributed by atoms with Crippen molar-refractivity contribution in [3.8, 4) is 0 Å². The van der Waals surface area contributed by atoms with Crippen LogP contribution in [-0.4, -0.2) is 46.1 Å². The minimum Gasteiger partial charge on any atom is -0.392 e. The van der Waals surface area contributed by atoms with Crippen LogP contribution in [0.2, 0.25) is 0 Å². The maximum Gasteiger partial charge on any atom is 0.228 e. The van der Waals surface area contributed by atoms with Gasteiger partial charge in [-0.3, -0.25) is 4.79 Å². The summed E-state index contributed by atoms with van der Waals surface area (Å²) in [5.41, 5.74) is 0. The zero-order chi connectivity index (χ0) is 13.5. The Hall–Kier alpha value is -0.220. The molecule has 1 amide bonds. The summed E-state index contributed by atoms with van der Waals surface area (Å²) in [4.78, 5) is 14.3. The second-order valence-electron chi connectivity index (χ2n) is 5.12. The average Bonchev–Trinajstić information content (AvgIpc) is 2.62. The lowest BCUT2D eigenvalue weighted by atomic mass is 10.0. The topological polar surface area (TPSA) is 40.5 Å². The summed E-state index contributed by atoms with van der Waals surface area (Å²) in [6.45, 7) is 7.67. The van der Waals surface area contributed by atoms with Crippen LogP contribution < -0.4 is 0 Å². The number of aliphatic hydroxyl groups excluding tert-OH is 1. The molecule has 0 bridgehead atoms. The Kier molecular flexibility index (Phi) is 7.08. The number of thioether (sulfide) groups is 1. The van der Waals surface area contributed by atoms with E-state index >= 15 is 0 Å². The van der Waals surface area contributed by atoms with Gasteiger partial charge in [-0.2, -0.15) is 11.8 Å². The average molecular weight is 273 g/mol. The third-order valence-corrected chi connectivity index (χ3v) is 4.92. The van der Waals surface area contributed by atoms with E-state index in [-0.39, 0.29) is 11.8 Å². The summed E-state index contributed by atoms with van der Waals surface area (Å²) in [7, 11) is 0. The summed E-state index contributed by atoms with van der Waals surface area (Å²) in [6.07, 6.45) is 3.67. The van der Waals surface area contributed by atoms with E-state index in [1.807, 2.05) is 30.5 Å². The molecule has 1 saturated heterocycles. The van der Waals surface area contributed by atoms with Gasteiger partial charge in [0.1, 0.15) is 0 Å². The molecular formula is C14H27NO2S. The minimum atomic E-state index is -0.502. The smallest absolute Gasteiger partial charge is 0.228 e. The van der Waals surface area contributed by atoms with Crippen LogP contribution in [0, 0.1) is 5.92 Å². The van der Waals surface area contributed by atoms with Crippen LogP contribution in [0.15, 0.2) is 0 Å². The summed E-state index contributed by atoms with van der Waals surface area (Å²) >= 11 is 1.96. The Balaban J connectivity index is 2.59. The first-order valence-electron chi connectivity index (χ1n) is 7.18. The van der Waals surface area contributed by atoms with Crippen molar-refractivity contribution in [1.29, 1.82) is 0 Å². The number of carbonyl (C=O) groups excluding carboxylic acids is 1. The second kappa shape index (κ2) is 8.05. The fraction of sp³-hybridized carbons (Fsp3) is 0.929. The molecule has 106 valence electrons. The van der Waals surface area contributed by atoms with Gasteiger partial charge in [0, 0.05) is 18.3 Å². The Morgan fingerprint density at radius 2 is 2.17 bits per heavy atom. The van der Waals surface area contributed by atoms with Crippen LogP contribution in [0.5, 0.6) is 0 Å². The zero-order valence-corrected chi connectivity index (χ0v) is 12.7. The van der Waals surface area contributed by atoms with Crippen LogP contribution in [0.1, 0.15) is 46.5 Å². The molecule has 1 N–H and O–H groups in total. The molecule has 3 nitrogen and oxygen atoms in total. The number of hydrogen-bond acceptors (Lipinski definition) is 3. The van der Waals surface area contributed by atoms with Gasteiger partial charge in [0.2, 0.25) is 5.91 Å². The van der Waals surface area contributed by atoms with E-state index < -0.39 is 6.10 Å². The van der Waals surface area contributed by atoms with Crippen molar-refractivity contribution in [3.05, 3.63) is 0 Å². The van der Waals surface area contributed by atoms with Gasteiger partial charge in [-0.05, 0) is 25.0 Å². The molecule has 1 aliphatic rings. The van der Waals surface area contributed by atoms with E-state index in [4.69, 9.17) is 0 Å². The molecule has 3 unspecified atom stereocenters. The number of amides is 1. The van der Waals surface area contributed by atoms with E-state index in [1.54, 1.807) is 0 Å². The first kappa shape index (κ1) is 15.8. The summed E-state index contributed by atoms with van der Waals surface area (Å²) in [5, 5.41) is 10.4. The summed E-state index contributed by atoms with van der Waals surface area (Å²) < 4.78 is 0. The molecule has 1 fully saturated rings. The summed E-state index contributed by atoms with van der Waals surface area (Å²) in [5.74, 6) is 0.980. The predicted octanol–water partition coefficient (Wildman–Crippen LogP) is 2.53. The van der Waals surface area contributed by atoms with Gasteiger partial charge in [-0.15, -0.1) is 0 Å². The number of carbonyl (C=O) groups is 1. The lowest BCUT2D eigenvalue weighted by molar-refractivity contribution is -0.138. The molecule has 1 aliphatic heterocycles. The predicted molar refractivity (Wildman–Crippen MR) is 77.8 cm³/mol. The second-order valence-corrected chi connectivity index (χ2v) is 6.70. The van der Waals surface area contributed by atoms with E-state index in [1.165, 1.54) is 12.8 Å². The van der Waals surface area contributed by atoms with Gasteiger partial charge in [0.05, 0.1) is 12.0 Å². The molecular weight excluding hydrogens is 246 g/mol. The maximum atomic E-state index is 12.4. The van der Waals surface area contributed by atoms with Crippen molar-refractivity contribution in [2.75, 3.05) is 18.8 Å². The van der Waals surface area contributed by atoms with Crippen molar-refractivity contribution in [2.45, 2.75) is 57.8 Å². The van der Waals surface area contributed by atoms with Gasteiger partial charge < -0.3 is 10.0 Å². The Morgan fingerprint density at radius 1 is 1.44 bits per heavy atom. The first-order valence-corrected chi connectivity index (χ1v) is 8.23. The highest BCUT2D eigenvalue weighted by Crippen LogP contribution is 2.23. The normalized spacial score (nSPS) is 24.4.